The largest absolute Gasteiger partial charge is 0.368 e. The summed E-state index contributed by atoms with van der Waals surface area (Å²) in [5.41, 5.74) is 12.1. The second-order valence-corrected chi connectivity index (χ2v) is 6.01. The summed E-state index contributed by atoms with van der Waals surface area (Å²) >= 11 is 3.36. The Hall–Kier alpha value is -1.40. The molecule has 0 aromatic heterocycles. The highest BCUT2D eigenvalue weighted by molar-refractivity contribution is 9.10. The van der Waals surface area contributed by atoms with Gasteiger partial charge in [0, 0.05) is 23.5 Å². The summed E-state index contributed by atoms with van der Waals surface area (Å²) < 4.78 is 0.962. The molecule has 0 heterocycles. The van der Waals surface area contributed by atoms with Crippen LogP contribution in [0, 0.1) is 0 Å². The van der Waals surface area contributed by atoms with Gasteiger partial charge in [-0.3, -0.25) is 9.59 Å². The topological polar surface area (TPSA) is 89.4 Å². The fraction of sp³-hybridized carbons (Fsp3) is 0.467. The van der Waals surface area contributed by atoms with Gasteiger partial charge in [0.2, 0.25) is 11.8 Å². The lowest BCUT2D eigenvalue weighted by Gasteiger charge is -2.23. The Kier molecular flexibility index (Phi) is 7.39. The fourth-order valence-electron chi connectivity index (χ4n) is 2.06. The first kappa shape index (κ1) is 17.7. The molecule has 2 amide bonds. The van der Waals surface area contributed by atoms with Gasteiger partial charge in [0.15, 0.2) is 0 Å². The molecule has 0 saturated carbocycles. The number of primary amides is 1. The fourth-order valence-corrected chi connectivity index (χ4v) is 2.32. The van der Waals surface area contributed by atoms with Crippen molar-refractivity contribution in [1.29, 1.82) is 0 Å². The van der Waals surface area contributed by atoms with Crippen molar-refractivity contribution in [2.45, 2.75) is 38.8 Å². The smallest absolute Gasteiger partial charge is 0.237 e. The Bertz CT molecular complexity index is 476. The molecule has 4 N–H and O–H groups in total. The zero-order valence-electron chi connectivity index (χ0n) is 12.2. The van der Waals surface area contributed by atoms with Gasteiger partial charge in [0.25, 0.3) is 0 Å². The van der Waals surface area contributed by atoms with Gasteiger partial charge in [0.05, 0.1) is 6.54 Å². The minimum Gasteiger partial charge on any atom is -0.368 e. The maximum absolute atomic E-state index is 12.3. The van der Waals surface area contributed by atoms with Gasteiger partial charge in [-0.25, -0.2) is 0 Å². The van der Waals surface area contributed by atoms with Crippen LogP contribution in [0.5, 0.6) is 0 Å². The van der Waals surface area contributed by atoms with Crippen molar-refractivity contribution in [3.63, 3.8) is 0 Å². The zero-order chi connectivity index (χ0) is 15.8. The van der Waals surface area contributed by atoms with Crippen LogP contribution in [-0.4, -0.2) is 29.3 Å². The van der Waals surface area contributed by atoms with Gasteiger partial charge in [0.1, 0.15) is 0 Å². The first-order chi connectivity index (χ1) is 9.92. The summed E-state index contributed by atoms with van der Waals surface area (Å²) in [6.45, 7) is 2.29. The van der Waals surface area contributed by atoms with Crippen molar-refractivity contribution in [2.24, 2.45) is 11.5 Å². The standard InChI is InChI=1S/C15H22BrN3O2/c1-2-3-13(17)8-15(21)19(10-14(18)20)9-11-4-6-12(16)7-5-11/h4-7,13H,2-3,8-10,17H2,1H3,(H2,18,20). The van der Waals surface area contributed by atoms with Gasteiger partial charge in [-0.05, 0) is 24.1 Å². The van der Waals surface area contributed by atoms with Crippen LogP contribution in [0.4, 0.5) is 0 Å². The van der Waals surface area contributed by atoms with Crippen LogP contribution in [0.25, 0.3) is 0 Å². The Morgan fingerprint density at radius 3 is 2.43 bits per heavy atom. The van der Waals surface area contributed by atoms with Crippen molar-refractivity contribution in [3.8, 4) is 0 Å². The minimum absolute atomic E-state index is 0.0895. The van der Waals surface area contributed by atoms with E-state index in [1.54, 1.807) is 0 Å². The molecule has 1 rings (SSSR count). The second-order valence-electron chi connectivity index (χ2n) is 5.10. The van der Waals surface area contributed by atoms with E-state index in [1.807, 2.05) is 31.2 Å². The third-order valence-corrected chi connectivity index (χ3v) is 3.61. The molecule has 0 spiro atoms. The highest BCUT2D eigenvalue weighted by atomic mass is 79.9. The van der Waals surface area contributed by atoms with Gasteiger partial charge in [-0.2, -0.15) is 0 Å². The molecule has 21 heavy (non-hydrogen) atoms. The number of rotatable bonds is 8. The van der Waals surface area contributed by atoms with Gasteiger partial charge >= 0.3 is 0 Å². The molecular formula is C15H22BrN3O2. The number of benzene rings is 1. The van der Waals surface area contributed by atoms with E-state index in [2.05, 4.69) is 15.9 Å². The van der Waals surface area contributed by atoms with E-state index < -0.39 is 5.91 Å². The van der Waals surface area contributed by atoms with E-state index in [4.69, 9.17) is 11.5 Å². The van der Waals surface area contributed by atoms with Crippen LogP contribution in [0.1, 0.15) is 31.7 Å². The Balaban J connectivity index is 2.72. The molecule has 1 aromatic carbocycles. The van der Waals surface area contributed by atoms with Gasteiger partial charge in [-0.1, -0.05) is 41.4 Å². The van der Waals surface area contributed by atoms with Crippen molar-refractivity contribution in [3.05, 3.63) is 34.3 Å². The Morgan fingerprint density at radius 1 is 1.29 bits per heavy atom. The summed E-state index contributed by atoms with van der Waals surface area (Å²) in [5.74, 6) is -0.665. The normalized spacial score (nSPS) is 12.0. The van der Waals surface area contributed by atoms with E-state index in [9.17, 15) is 9.59 Å². The first-order valence-electron chi connectivity index (χ1n) is 6.98. The highest BCUT2D eigenvalue weighted by Crippen LogP contribution is 2.13. The zero-order valence-corrected chi connectivity index (χ0v) is 13.8. The Labute approximate surface area is 133 Å². The van der Waals surface area contributed by atoms with Gasteiger partial charge < -0.3 is 16.4 Å². The summed E-state index contributed by atoms with van der Waals surface area (Å²) in [5, 5.41) is 0. The SMILES string of the molecule is CCCC(N)CC(=O)N(CC(N)=O)Cc1ccc(Br)cc1. The maximum Gasteiger partial charge on any atom is 0.237 e. The molecule has 1 aromatic rings. The molecule has 0 saturated heterocycles. The lowest BCUT2D eigenvalue weighted by atomic mass is 10.1. The highest BCUT2D eigenvalue weighted by Gasteiger charge is 2.18. The number of nitrogens with zero attached hydrogens (tertiary/aromatic N) is 1. The molecule has 0 aliphatic heterocycles. The third kappa shape index (κ3) is 6.73. The average molecular weight is 356 g/mol. The van der Waals surface area contributed by atoms with Crippen LogP contribution >= 0.6 is 15.9 Å². The molecule has 1 unspecified atom stereocenters. The van der Waals surface area contributed by atoms with Crippen LogP contribution in [0.3, 0.4) is 0 Å². The van der Waals surface area contributed by atoms with Crippen molar-refractivity contribution in [1.82, 2.24) is 4.90 Å². The number of hydrogen-bond donors (Lipinski definition) is 2. The molecule has 1 atom stereocenters. The van der Waals surface area contributed by atoms with Crippen LogP contribution in [0.15, 0.2) is 28.7 Å². The number of nitrogens with two attached hydrogens (primary N) is 2. The number of hydrogen-bond acceptors (Lipinski definition) is 3. The summed E-state index contributed by atoms with van der Waals surface area (Å²) in [7, 11) is 0. The van der Waals surface area contributed by atoms with E-state index in [1.165, 1.54) is 4.90 Å². The molecule has 5 nitrogen and oxygen atoms in total. The number of amides is 2. The van der Waals surface area contributed by atoms with Gasteiger partial charge in [-0.15, -0.1) is 0 Å². The van der Waals surface area contributed by atoms with E-state index in [0.717, 1.165) is 22.9 Å². The average Bonchev–Trinajstić information content (AvgIpc) is 2.40. The lowest BCUT2D eigenvalue weighted by molar-refractivity contribution is -0.136. The second kappa shape index (κ2) is 8.79. The summed E-state index contributed by atoms with van der Waals surface area (Å²) in [6.07, 6.45) is 1.95. The van der Waals surface area contributed by atoms with Crippen molar-refractivity contribution < 1.29 is 9.59 Å². The predicted molar refractivity (Wildman–Crippen MR) is 86.3 cm³/mol. The molecule has 0 fully saturated rings. The molecular weight excluding hydrogens is 334 g/mol. The first-order valence-corrected chi connectivity index (χ1v) is 7.77. The number of halogens is 1. The molecule has 0 radical (unpaired) electrons. The van der Waals surface area contributed by atoms with Crippen molar-refractivity contribution in [2.75, 3.05) is 6.54 Å². The summed E-state index contributed by atoms with van der Waals surface area (Å²) in [4.78, 5) is 24.9. The Morgan fingerprint density at radius 2 is 1.90 bits per heavy atom. The molecule has 0 bridgehead atoms. The van der Waals surface area contributed by atoms with E-state index in [0.29, 0.717) is 6.54 Å². The van der Waals surface area contributed by atoms with E-state index in [-0.39, 0.29) is 24.9 Å². The quantitative estimate of drug-likeness (QED) is 0.744. The van der Waals surface area contributed by atoms with Crippen LogP contribution in [0.2, 0.25) is 0 Å². The molecule has 0 aliphatic rings. The number of carbonyl (C=O) groups excluding carboxylic acids is 2. The van der Waals surface area contributed by atoms with E-state index >= 15 is 0 Å². The molecule has 0 aliphatic carbocycles. The monoisotopic (exact) mass is 355 g/mol. The molecule has 6 heteroatoms. The lowest BCUT2D eigenvalue weighted by Crippen LogP contribution is -2.40. The van der Waals surface area contributed by atoms with Crippen LogP contribution in [-0.2, 0) is 16.1 Å². The number of carbonyl (C=O) groups is 2. The predicted octanol–water partition coefficient (Wildman–Crippen LogP) is 1.78. The summed E-state index contributed by atoms with van der Waals surface area (Å²) in [6, 6.07) is 7.41. The third-order valence-electron chi connectivity index (χ3n) is 3.08. The maximum atomic E-state index is 12.3. The van der Waals surface area contributed by atoms with Crippen LogP contribution < -0.4 is 11.5 Å². The molecule has 116 valence electrons. The van der Waals surface area contributed by atoms with Crippen molar-refractivity contribution >= 4 is 27.7 Å². The minimum atomic E-state index is -0.524.